The van der Waals surface area contributed by atoms with Crippen LogP contribution in [0.3, 0.4) is 0 Å². The van der Waals surface area contributed by atoms with Gasteiger partial charge in [0.25, 0.3) is 5.95 Å². The van der Waals surface area contributed by atoms with Gasteiger partial charge in [0.15, 0.2) is 0 Å². The monoisotopic (exact) mass is 141 g/mol. The molecule has 0 aliphatic rings. The second-order valence-corrected chi connectivity index (χ2v) is 2.03. The van der Waals surface area contributed by atoms with Gasteiger partial charge < -0.3 is 5.32 Å². The molecule has 0 bridgehead atoms. The van der Waals surface area contributed by atoms with Crippen LogP contribution >= 0.6 is 0 Å². The molecule has 5 heteroatoms. The number of rotatable bonds is 3. The average Bonchev–Trinajstić information content (AvgIpc) is 2.31. The molecule has 0 unspecified atom stereocenters. The van der Waals surface area contributed by atoms with E-state index in [1.54, 1.807) is 7.05 Å². The zero-order valence-corrected chi connectivity index (χ0v) is 6.20. The Morgan fingerprint density at radius 3 is 2.90 bits per heavy atom. The maximum absolute atomic E-state index is 3.93. The van der Waals surface area contributed by atoms with E-state index in [9.17, 15) is 0 Å². The van der Waals surface area contributed by atoms with Crippen molar-refractivity contribution < 1.29 is 0 Å². The van der Waals surface area contributed by atoms with Crippen molar-refractivity contribution in [2.45, 2.75) is 13.3 Å². The molecule has 0 radical (unpaired) electrons. The van der Waals surface area contributed by atoms with Crippen LogP contribution < -0.4 is 5.32 Å². The summed E-state index contributed by atoms with van der Waals surface area (Å²) in [7, 11) is 1.74. The summed E-state index contributed by atoms with van der Waals surface area (Å²) in [5.74, 6) is 0.601. The van der Waals surface area contributed by atoms with Crippen molar-refractivity contribution >= 4 is 5.95 Å². The van der Waals surface area contributed by atoms with Crippen molar-refractivity contribution in [3.05, 3.63) is 0 Å². The third-order valence-electron chi connectivity index (χ3n) is 1.04. The van der Waals surface area contributed by atoms with Crippen LogP contribution in [0.1, 0.15) is 13.3 Å². The van der Waals surface area contributed by atoms with E-state index < -0.39 is 0 Å². The van der Waals surface area contributed by atoms with Crippen molar-refractivity contribution in [1.29, 1.82) is 0 Å². The first-order valence-corrected chi connectivity index (χ1v) is 3.31. The summed E-state index contributed by atoms with van der Waals surface area (Å²) in [6.45, 7) is 2.98. The second kappa shape index (κ2) is 3.14. The molecule has 1 N–H and O–H groups in total. The topological polar surface area (TPSA) is 55.6 Å². The van der Waals surface area contributed by atoms with Crippen LogP contribution in [-0.2, 0) is 7.05 Å². The van der Waals surface area contributed by atoms with Gasteiger partial charge in [0.05, 0.1) is 7.05 Å². The summed E-state index contributed by atoms with van der Waals surface area (Å²) in [6.07, 6.45) is 1.07. The Bertz CT molecular complexity index is 194. The zero-order valence-electron chi connectivity index (χ0n) is 6.20. The molecule has 1 aromatic rings. The molecular formula is C5H11N5. The largest absolute Gasteiger partial charge is 0.352 e. The summed E-state index contributed by atoms with van der Waals surface area (Å²) in [5.41, 5.74) is 0. The van der Waals surface area contributed by atoms with Gasteiger partial charge in [-0.15, -0.1) is 5.10 Å². The van der Waals surface area contributed by atoms with Crippen LogP contribution in [0.5, 0.6) is 0 Å². The van der Waals surface area contributed by atoms with Crippen LogP contribution in [0.4, 0.5) is 5.95 Å². The highest BCUT2D eigenvalue weighted by Gasteiger charge is 1.94. The highest BCUT2D eigenvalue weighted by molar-refractivity contribution is 5.18. The number of hydrogen-bond acceptors (Lipinski definition) is 4. The Hall–Kier alpha value is -1.13. The average molecular weight is 141 g/mol. The molecule has 1 heterocycles. The Morgan fingerprint density at radius 2 is 2.40 bits per heavy atom. The molecule has 0 saturated carbocycles. The Balaban J connectivity index is 2.42. The first-order chi connectivity index (χ1) is 4.83. The van der Waals surface area contributed by atoms with E-state index in [-0.39, 0.29) is 0 Å². The van der Waals surface area contributed by atoms with Gasteiger partial charge in [-0.2, -0.15) is 4.80 Å². The van der Waals surface area contributed by atoms with E-state index >= 15 is 0 Å². The second-order valence-electron chi connectivity index (χ2n) is 2.03. The fourth-order valence-electron chi connectivity index (χ4n) is 0.592. The molecule has 10 heavy (non-hydrogen) atoms. The number of hydrogen-bond donors (Lipinski definition) is 1. The van der Waals surface area contributed by atoms with Gasteiger partial charge in [-0.25, -0.2) is 0 Å². The van der Waals surface area contributed by atoms with Crippen molar-refractivity contribution in [1.82, 2.24) is 20.2 Å². The predicted molar refractivity (Wildman–Crippen MR) is 37.6 cm³/mol. The molecular weight excluding hydrogens is 130 g/mol. The lowest BCUT2D eigenvalue weighted by Gasteiger charge is -1.93. The van der Waals surface area contributed by atoms with E-state index in [1.807, 2.05) is 0 Å². The first-order valence-electron chi connectivity index (χ1n) is 3.31. The minimum absolute atomic E-state index is 0.601. The number of anilines is 1. The Morgan fingerprint density at radius 1 is 1.60 bits per heavy atom. The molecule has 0 atom stereocenters. The molecule has 0 aliphatic heterocycles. The number of tetrazole rings is 1. The minimum Gasteiger partial charge on any atom is -0.352 e. The normalized spacial score (nSPS) is 9.80. The van der Waals surface area contributed by atoms with Gasteiger partial charge in [0.1, 0.15) is 0 Å². The number of aromatic nitrogens is 4. The molecule has 0 saturated heterocycles. The lowest BCUT2D eigenvalue weighted by Crippen LogP contribution is -2.01. The smallest absolute Gasteiger partial charge is 0.263 e. The third-order valence-corrected chi connectivity index (χ3v) is 1.04. The number of nitrogens with one attached hydrogen (secondary N) is 1. The molecule has 0 aliphatic carbocycles. The van der Waals surface area contributed by atoms with Crippen molar-refractivity contribution in [2.24, 2.45) is 7.05 Å². The fraction of sp³-hybridized carbons (Fsp3) is 0.800. The van der Waals surface area contributed by atoms with Crippen molar-refractivity contribution in [3.63, 3.8) is 0 Å². The van der Waals surface area contributed by atoms with Gasteiger partial charge in [-0.1, -0.05) is 12.0 Å². The van der Waals surface area contributed by atoms with E-state index in [0.29, 0.717) is 5.95 Å². The van der Waals surface area contributed by atoms with Gasteiger partial charge in [-0.3, -0.25) is 0 Å². The van der Waals surface area contributed by atoms with E-state index in [1.165, 1.54) is 4.80 Å². The Labute approximate surface area is 59.4 Å². The molecule has 0 aromatic carbocycles. The summed E-state index contributed by atoms with van der Waals surface area (Å²) in [5, 5.41) is 14.3. The Kier molecular flexibility index (Phi) is 2.20. The van der Waals surface area contributed by atoms with Crippen molar-refractivity contribution in [3.8, 4) is 0 Å². The molecule has 56 valence electrons. The van der Waals surface area contributed by atoms with Crippen LogP contribution in [0.2, 0.25) is 0 Å². The summed E-state index contributed by atoms with van der Waals surface area (Å²) >= 11 is 0. The van der Waals surface area contributed by atoms with Crippen LogP contribution in [0.15, 0.2) is 0 Å². The van der Waals surface area contributed by atoms with Crippen LogP contribution in [0.25, 0.3) is 0 Å². The third kappa shape index (κ3) is 1.68. The standard InChI is InChI=1S/C5H11N5/c1-3-4-6-5-7-9-10(2)8-5/h3-4H2,1-2H3,(H,6,8). The molecule has 1 rings (SSSR count). The maximum atomic E-state index is 3.93. The number of nitrogens with zero attached hydrogens (tertiary/aromatic N) is 4. The van der Waals surface area contributed by atoms with E-state index in [4.69, 9.17) is 0 Å². The van der Waals surface area contributed by atoms with Gasteiger partial charge in [0, 0.05) is 6.54 Å². The van der Waals surface area contributed by atoms with E-state index in [0.717, 1.165) is 13.0 Å². The van der Waals surface area contributed by atoms with Gasteiger partial charge >= 0.3 is 0 Å². The molecule has 0 fully saturated rings. The lowest BCUT2D eigenvalue weighted by atomic mass is 10.5. The maximum Gasteiger partial charge on any atom is 0.263 e. The quantitative estimate of drug-likeness (QED) is 0.645. The fourth-order valence-corrected chi connectivity index (χ4v) is 0.592. The SMILES string of the molecule is CCCNc1nnn(C)n1. The molecule has 0 amide bonds. The van der Waals surface area contributed by atoms with E-state index in [2.05, 4.69) is 27.7 Å². The number of aryl methyl sites for hydroxylation is 1. The zero-order chi connectivity index (χ0) is 7.40. The highest BCUT2D eigenvalue weighted by atomic mass is 15.6. The molecule has 1 aromatic heterocycles. The summed E-state index contributed by atoms with van der Waals surface area (Å²) in [4.78, 5) is 1.43. The summed E-state index contributed by atoms with van der Waals surface area (Å²) < 4.78 is 0. The summed E-state index contributed by atoms with van der Waals surface area (Å²) in [6, 6.07) is 0. The van der Waals surface area contributed by atoms with Crippen molar-refractivity contribution in [2.75, 3.05) is 11.9 Å². The lowest BCUT2D eigenvalue weighted by molar-refractivity contribution is 0.630. The molecule has 0 spiro atoms. The predicted octanol–water partition coefficient (Wildman–Crippen LogP) is 0.0320. The highest BCUT2D eigenvalue weighted by Crippen LogP contribution is 1.90. The van der Waals surface area contributed by atoms with Gasteiger partial charge in [-0.05, 0) is 11.6 Å². The first kappa shape index (κ1) is 6.98. The van der Waals surface area contributed by atoms with Gasteiger partial charge in [0.2, 0.25) is 0 Å². The molecule has 5 nitrogen and oxygen atoms in total. The van der Waals surface area contributed by atoms with Crippen LogP contribution in [0, 0.1) is 0 Å². The van der Waals surface area contributed by atoms with Crippen LogP contribution in [-0.4, -0.2) is 26.8 Å². The minimum atomic E-state index is 0.601.